The van der Waals surface area contributed by atoms with Crippen LogP contribution in [0.2, 0.25) is 0 Å². The zero-order chi connectivity index (χ0) is 14.0. The zero-order valence-electron chi connectivity index (χ0n) is 10.3. The molecule has 0 radical (unpaired) electrons. The fourth-order valence-electron chi connectivity index (χ4n) is 1.83. The van der Waals surface area contributed by atoms with Crippen molar-refractivity contribution in [3.8, 4) is 11.1 Å². The molecule has 1 nitrogen and oxygen atoms in total. The van der Waals surface area contributed by atoms with Gasteiger partial charge in [-0.25, -0.2) is 0 Å². The molecule has 0 fully saturated rings. The van der Waals surface area contributed by atoms with Gasteiger partial charge in [-0.1, -0.05) is 30.3 Å². The summed E-state index contributed by atoms with van der Waals surface area (Å²) < 4.78 is 37.4. The summed E-state index contributed by atoms with van der Waals surface area (Å²) in [6.07, 6.45) is -4.92. The molecule has 0 aliphatic carbocycles. The molecule has 0 unspecified atom stereocenters. The van der Waals surface area contributed by atoms with Crippen molar-refractivity contribution >= 4 is 0 Å². The number of rotatable bonds is 2. The second-order valence-electron chi connectivity index (χ2n) is 4.38. The summed E-state index contributed by atoms with van der Waals surface area (Å²) in [5.74, 6) is 0. The molecule has 0 aliphatic rings. The number of halogens is 3. The van der Waals surface area contributed by atoms with Crippen molar-refractivity contribution in [3.63, 3.8) is 0 Å². The van der Waals surface area contributed by atoms with E-state index < -0.39 is 17.8 Å². The van der Waals surface area contributed by atoms with E-state index in [2.05, 4.69) is 0 Å². The van der Waals surface area contributed by atoms with Crippen molar-refractivity contribution < 1.29 is 18.3 Å². The van der Waals surface area contributed by atoms with E-state index in [0.29, 0.717) is 5.56 Å². The molecule has 19 heavy (non-hydrogen) atoms. The van der Waals surface area contributed by atoms with Crippen LogP contribution in [0.25, 0.3) is 11.1 Å². The van der Waals surface area contributed by atoms with Gasteiger partial charge >= 0.3 is 6.18 Å². The van der Waals surface area contributed by atoms with Crippen LogP contribution in [0.1, 0.15) is 24.2 Å². The highest BCUT2D eigenvalue weighted by Gasteiger charge is 2.29. The normalized spacial score (nSPS) is 13.3. The van der Waals surface area contributed by atoms with Gasteiger partial charge in [0, 0.05) is 0 Å². The number of aliphatic hydroxyl groups is 1. The summed E-state index contributed by atoms with van der Waals surface area (Å²) in [4.78, 5) is 0. The SMILES string of the molecule is C[C@H](O)c1cccc(-c2ccc(C(F)(F)F)cc2)c1. The van der Waals surface area contributed by atoms with Crippen LogP contribution < -0.4 is 0 Å². The molecule has 0 aliphatic heterocycles. The molecule has 1 N–H and O–H groups in total. The highest BCUT2D eigenvalue weighted by molar-refractivity contribution is 5.64. The predicted molar refractivity (Wildman–Crippen MR) is 67.5 cm³/mol. The lowest BCUT2D eigenvalue weighted by atomic mass is 10.00. The monoisotopic (exact) mass is 266 g/mol. The molecular formula is C15H13F3O. The summed E-state index contributed by atoms with van der Waals surface area (Å²) in [5, 5.41) is 9.50. The van der Waals surface area contributed by atoms with Gasteiger partial charge in [-0.15, -0.1) is 0 Å². The van der Waals surface area contributed by atoms with Crippen molar-refractivity contribution in [1.82, 2.24) is 0 Å². The smallest absolute Gasteiger partial charge is 0.389 e. The molecular weight excluding hydrogens is 253 g/mol. The quantitative estimate of drug-likeness (QED) is 0.852. The molecule has 2 rings (SSSR count). The largest absolute Gasteiger partial charge is 0.416 e. The summed E-state index contributed by atoms with van der Waals surface area (Å²) in [6.45, 7) is 1.64. The van der Waals surface area contributed by atoms with E-state index in [1.807, 2.05) is 0 Å². The maximum Gasteiger partial charge on any atom is 0.416 e. The second-order valence-corrected chi connectivity index (χ2v) is 4.38. The van der Waals surface area contributed by atoms with E-state index in [1.54, 1.807) is 31.2 Å². The molecule has 0 spiro atoms. The summed E-state index contributed by atoms with van der Waals surface area (Å²) >= 11 is 0. The molecule has 0 heterocycles. The first-order valence-corrected chi connectivity index (χ1v) is 5.83. The minimum absolute atomic E-state index is 0.602. The molecule has 2 aromatic rings. The number of alkyl halides is 3. The second kappa shape index (κ2) is 5.05. The van der Waals surface area contributed by atoms with Crippen LogP contribution in [0.5, 0.6) is 0 Å². The van der Waals surface area contributed by atoms with Gasteiger partial charge in [0.05, 0.1) is 11.7 Å². The van der Waals surface area contributed by atoms with Crippen molar-refractivity contribution in [2.45, 2.75) is 19.2 Å². The highest BCUT2D eigenvalue weighted by Crippen LogP contribution is 2.31. The third-order valence-electron chi connectivity index (χ3n) is 2.91. The van der Waals surface area contributed by atoms with Gasteiger partial charge in [0.25, 0.3) is 0 Å². The molecule has 1 atom stereocenters. The van der Waals surface area contributed by atoms with E-state index in [9.17, 15) is 18.3 Å². The molecule has 2 aromatic carbocycles. The Morgan fingerprint density at radius 2 is 1.58 bits per heavy atom. The first kappa shape index (κ1) is 13.6. The standard InChI is InChI=1S/C15H13F3O/c1-10(19)12-3-2-4-13(9-12)11-5-7-14(8-6-11)15(16,17)18/h2-10,19H,1H3/t10-/m0/s1. The Bertz CT molecular complexity index is 556. The van der Waals surface area contributed by atoms with Crippen LogP contribution in [0.15, 0.2) is 48.5 Å². The maximum absolute atomic E-state index is 12.5. The van der Waals surface area contributed by atoms with Crippen LogP contribution in [-0.2, 0) is 6.18 Å². The first-order chi connectivity index (χ1) is 8.88. The number of benzene rings is 2. The Morgan fingerprint density at radius 1 is 0.947 bits per heavy atom. The van der Waals surface area contributed by atoms with Crippen LogP contribution in [0.4, 0.5) is 13.2 Å². The lowest BCUT2D eigenvalue weighted by Crippen LogP contribution is -2.04. The third-order valence-corrected chi connectivity index (χ3v) is 2.91. The fourth-order valence-corrected chi connectivity index (χ4v) is 1.83. The van der Waals surface area contributed by atoms with Gasteiger partial charge in [-0.3, -0.25) is 0 Å². The lowest BCUT2D eigenvalue weighted by Gasteiger charge is -2.10. The van der Waals surface area contributed by atoms with E-state index in [4.69, 9.17) is 0 Å². The van der Waals surface area contributed by atoms with E-state index in [1.165, 1.54) is 12.1 Å². The van der Waals surface area contributed by atoms with Crippen molar-refractivity contribution in [1.29, 1.82) is 0 Å². The van der Waals surface area contributed by atoms with Crippen molar-refractivity contribution in [2.75, 3.05) is 0 Å². The molecule has 4 heteroatoms. The minimum Gasteiger partial charge on any atom is -0.389 e. The average molecular weight is 266 g/mol. The summed E-state index contributed by atoms with van der Waals surface area (Å²) in [6, 6.07) is 12.1. The maximum atomic E-state index is 12.5. The Balaban J connectivity index is 2.35. The molecule has 0 saturated heterocycles. The Labute approximate surface area is 109 Å². The van der Waals surface area contributed by atoms with Gasteiger partial charge in [0.2, 0.25) is 0 Å². The van der Waals surface area contributed by atoms with E-state index >= 15 is 0 Å². The van der Waals surface area contributed by atoms with E-state index in [-0.39, 0.29) is 0 Å². The van der Waals surface area contributed by atoms with Gasteiger partial charge in [-0.2, -0.15) is 13.2 Å². The lowest BCUT2D eigenvalue weighted by molar-refractivity contribution is -0.137. The number of hydrogen-bond acceptors (Lipinski definition) is 1. The van der Waals surface area contributed by atoms with Crippen LogP contribution in [0, 0.1) is 0 Å². The number of aliphatic hydroxyl groups excluding tert-OH is 1. The third kappa shape index (κ3) is 3.15. The zero-order valence-corrected chi connectivity index (χ0v) is 10.3. The fraction of sp³-hybridized carbons (Fsp3) is 0.200. The van der Waals surface area contributed by atoms with Gasteiger partial charge in [-0.05, 0) is 41.8 Å². The summed E-state index contributed by atoms with van der Waals surface area (Å²) in [7, 11) is 0. The summed E-state index contributed by atoms with van der Waals surface area (Å²) in [5.41, 5.74) is 1.54. The van der Waals surface area contributed by atoms with Crippen molar-refractivity contribution in [2.24, 2.45) is 0 Å². The van der Waals surface area contributed by atoms with Gasteiger partial charge < -0.3 is 5.11 Å². The van der Waals surface area contributed by atoms with Gasteiger partial charge in [0.1, 0.15) is 0 Å². The Hall–Kier alpha value is -1.81. The van der Waals surface area contributed by atoms with Crippen LogP contribution in [0.3, 0.4) is 0 Å². The molecule has 100 valence electrons. The predicted octanol–water partition coefficient (Wildman–Crippen LogP) is 4.43. The Kier molecular flexibility index (Phi) is 3.62. The highest BCUT2D eigenvalue weighted by atomic mass is 19.4. The molecule has 0 saturated carbocycles. The number of hydrogen-bond donors (Lipinski definition) is 1. The first-order valence-electron chi connectivity index (χ1n) is 5.83. The topological polar surface area (TPSA) is 20.2 Å². The molecule has 0 amide bonds. The average Bonchev–Trinajstić information content (AvgIpc) is 2.38. The Morgan fingerprint density at radius 3 is 2.11 bits per heavy atom. The molecule has 0 bridgehead atoms. The van der Waals surface area contributed by atoms with Crippen molar-refractivity contribution in [3.05, 3.63) is 59.7 Å². The minimum atomic E-state index is -4.32. The van der Waals surface area contributed by atoms with Crippen LogP contribution >= 0.6 is 0 Å². The van der Waals surface area contributed by atoms with Gasteiger partial charge in [0.15, 0.2) is 0 Å². The van der Waals surface area contributed by atoms with Crippen LogP contribution in [-0.4, -0.2) is 5.11 Å². The van der Waals surface area contributed by atoms with E-state index in [0.717, 1.165) is 23.3 Å². The molecule has 0 aromatic heterocycles.